The van der Waals surface area contributed by atoms with Crippen LogP contribution in [0.2, 0.25) is 0 Å². The molecule has 0 aliphatic heterocycles. The monoisotopic (exact) mass is 258 g/mol. The van der Waals surface area contributed by atoms with Gasteiger partial charge in [-0.2, -0.15) is 0 Å². The molecule has 0 amide bonds. The summed E-state index contributed by atoms with van der Waals surface area (Å²) in [6.45, 7) is 4.40. The molecule has 2 atom stereocenters. The third-order valence-electron chi connectivity index (χ3n) is 3.61. The summed E-state index contributed by atoms with van der Waals surface area (Å²) < 4.78 is 0. The fourth-order valence-corrected chi connectivity index (χ4v) is 2.29. The second-order valence-electron chi connectivity index (χ2n) is 5.58. The first-order valence-corrected chi connectivity index (χ1v) is 8.06. The smallest absolute Gasteiger partial charge is 0.0541 e. The van der Waals surface area contributed by atoms with E-state index in [1.54, 1.807) is 0 Å². The Balaban J connectivity index is 3.32. The summed E-state index contributed by atoms with van der Waals surface area (Å²) in [7, 11) is 0. The molecule has 0 aromatic heterocycles. The highest BCUT2D eigenvalue weighted by Crippen LogP contribution is 2.14. The molecule has 0 heterocycles. The number of hydrogen-bond acceptors (Lipinski definition) is 2. The summed E-state index contributed by atoms with van der Waals surface area (Å²) in [5.74, 6) is 0. The maximum Gasteiger partial charge on any atom is 0.0541 e. The van der Waals surface area contributed by atoms with Crippen LogP contribution in [-0.4, -0.2) is 22.4 Å². The molecule has 0 spiro atoms. The van der Waals surface area contributed by atoms with Crippen LogP contribution in [0.25, 0.3) is 0 Å². The van der Waals surface area contributed by atoms with Crippen LogP contribution in [-0.2, 0) is 0 Å². The van der Waals surface area contributed by atoms with Crippen molar-refractivity contribution in [3.05, 3.63) is 0 Å². The minimum Gasteiger partial charge on any atom is -0.393 e. The van der Waals surface area contributed by atoms with Crippen molar-refractivity contribution in [2.24, 2.45) is 0 Å². The largest absolute Gasteiger partial charge is 0.393 e. The first kappa shape index (κ1) is 17.9. The van der Waals surface area contributed by atoms with Crippen LogP contribution in [0.4, 0.5) is 0 Å². The Bertz CT molecular complexity index is 141. The Morgan fingerprint density at radius 1 is 0.556 bits per heavy atom. The van der Waals surface area contributed by atoms with Crippen molar-refractivity contribution in [3.63, 3.8) is 0 Å². The van der Waals surface area contributed by atoms with Crippen molar-refractivity contribution < 1.29 is 10.2 Å². The predicted molar refractivity (Wildman–Crippen MR) is 78.8 cm³/mol. The summed E-state index contributed by atoms with van der Waals surface area (Å²) in [6, 6.07) is 0. The van der Waals surface area contributed by atoms with Crippen molar-refractivity contribution in [3.8, 4) is 0 Å². The van der Waals surface area contributed by atoms with Gasteiger partial charge in [-0.25, -0.2) is 0 Å². The van der Waals surface area contributed by atoms with Crippen LogP contribution < -0.4 is 0 Å². The van der Waals surface area contributed by atoms with Crippen LogP contribution in [0.1, 0.15) is 90.9 Å². The highest BCUT2D eigenvalue weighted by atomic mass is 16.3. The molecule has 0 aromatic rings. The lowest BCUT2D eigenvalue weighted by molar-refractivity contribution is 0.101. The zero-order chi connectivity index (χ0) is 13.6. The zero-order valence-corrected chi connectivity index (χ0v) is 12.5. The van der Waals surface area contributed by atoms with Gasteiger partial charge in [0.15, 0.2) is 0 Å². The summed E-state index contributed by atoms with van der Waals surface area (Å²) in [5.41, 5.74) is 0. The Kier molecular flexibility index (Phi) is 13.3. The normalized spacial score (nSPS) is 14.7. The molecule has 0 rings (SSSR count). The van der Waals surface area contributed by atoms with Crippen LogP contribution in [0, 0.1) is 0 Å². The van der Waals surface area contributed by atoms with E-state index >= 15 is 0 Å². The summed E-state index contributed by atoms with van der Waals surface area (Å²) >= 11 is 0. The first-order valence-electron chi connectivity index (χ1n) is 8.06. The van der Waals surface area contributed by atoms with E-state index in [2.05, 4.69) is 13.8 Å². The Labute approximate surface area is 114 Å². The Morgan fingerprint density at radius 2 is 0.944 bits per heavy atom. The molecule has 0 aliphatic rings. The van der Waals surface area contributed by atoms with Gasteiger partial charge in [0.1, 0.15) is 0 Å². The molecule has 18 heavy (non-hydrogen) atoms. The van der Waals surface area contributed by atoms with Crippen LogP contribution in [0.3, 0.4) is 0 Å². The van der Waals surface area contributed by atoms with E-state index in [0.717, 1.165) is 38.5 Å². The molecule has 2 nitrogen and oxygen atoms in total. The van der Waals surface area contributed by atoms with E-state index < -0.39 is 0 Å². The molecule has 0 aliphatic carbocycles. The molecule has 2 unspecified atom stereocenters. The molecule has 0 saturated heterocycles. The van der Waals surface area contributed by atoms with E-state index in [9.17, 15) is 10.2 Å². The van der Waals surface area contributed by atoms with Gasteiger partial charge in [0, 0.05) is 0 Å². The minimum absolute atomic E-state index is 0.202. The lowest BCUT2D eigenvalue weighted by Crippen LogP contribution is -2.13. The average molecular weight is 258 g/mol. The van der Waals surface area contributed by atoms with Gasteiger partial charge in [0.2, 0.25) is 0 Å². The number of aliphatic hydroxyl groups is 2. The van der Waals surface area contributed by atoms with Gasteiger partial charge in [-0.1, -0.05) is 65.2 Å². The second-order valence-corrected chi connectivity index (χ2v) is 5.58. The summed E-state index contributed by atoms with van der Waals surface area (Å²) in [6.07, 6.45) is 12.7. The van der Waals surface area contributed by atoms with Gasteiger partial charge >= 0.3 is 0 Å². The number of aliphatic hydroxyl groups excluding tert-OH is 2. The van der Waals surface area contributed by atoms with Crippen molar-refractivity contribution in [2.45, 2.75) is 103 Å². The molecular formula is C16H34O2. The van der Waals surface area contributed by atoms with E-state index in [-0.39, 0.29) is 12.2 Å². The van der Waals surface area contributed by atoms with Crippen molar-refractivity contribution in [1.82, 2.24) is 0 Å². The molecule has 2 N–H and O–H groups in total. The Morgan fingerprint density at radius 3 is 1.28 bits per heavy atom. The zero-order valence-electron chi connectivity index (χ0n) is 12.5. The standard InChI is InChI=1S/C16H34O2/c1-3-5-7-9-11-15(17)13-14-16(18)12-10-8-6-4-2/h15-18H,3-14H2,1-2H3. The minimum atomic E-state index is -0.202. The predicted octanol–water partition coefficient (Wildman–Crippen LogP) is 4.43. The first-order chi connectivity index (χ1) is 8.70. The maximum absolute atomic E-state index is 9.80. The topological polar surface area (TPSA) is 40.5 Å². The van der Waals surface area contributed by atoms with Crippen LogP contribution in [0.15, 0.2) is 0 Å². The maximum atomic E-state index is 9.80. The molecular weight excluding hydrogens is 224 g/mol. The quantitative estimate of drug-likeness (QED) is 0.480. The fraction of sp³-hybridized carbons (Fsp3) is 1.00. The Hall–Kier alpha value is -0.0800. The van der Waals surface area contributed by atoms with Gasteiger partial charge in [-0.3, -0.25) is 0 Å². The fourth-order valence-electron chi connectivity index (χ4n) is 2.29. The lowest BCUT2D eigenvalue weighted by Gasteiger charge is -2.14. The van der Waals surface area contributed by atoms with Gasteiger partial charge in [-0.15, -0.1) is 0 Å². The second kappa shape index (κ2) is 13.4. The van der Waals surface area contributed by atoms with Crippen LogP contribution in [0.5, 0.6) is 0 Å². The number of rotatable bonds is 13. The molecule has 0 bridgehead atoms. The third-order valence-corrected chi connectivity index (χ3v) is 3.61. The SMILES string of the molecule is CCCCCCC(O)CCC(O)CCCCCC. The van der Waals surface area contributed by atoms with Gasteiger partial charge < -0.3 is 10.2 Å². The highest BCUT2D eigenvalue weighted by molar-refractivity contribution is 4.62. The lowest BCUT2D eigenvalue weighted by atomic mass is 10.0. The third kappa shape index (κ3) is 12.4. The van der Waals surface area contributed by atoms with Crippen molar-refractivity contribution >= 4 is 0 Å². The molecule has 0 aromatic carbocycles. The highest BCUT2D eigenvalue weighted by Gasteiger charge is 2.09. The molecule has 0 fully saturated rings. The summed E-state index contributed by atoms with van der Waals surface area (Å²) in [4.78, 5) is 0. The van der Waals surface area contributed by atoms with Crippen molar-refractivity contribution in [1.29, 1.82) is 0 Å². The molecule has 0 radical (unpaired) electrons. The van der Waals surface area contributed by atoms with Gasteiger partial charge in [-0.05, 0) is 25.7 Å². The van der Waals surface area contributed by atoms with E-state index in [1.165, 1.54) is 38.5 Å². The van der Waals surface area contributed by atoms with Gasteiger partial charge in [0.05, 0.1) is 12.2 Å². The molecule has 0 saturated carbocycles. The van der Waals surface area contributed by atoms with E-state index in [0.29, 0.717) is 0 Å². The van der Waals surface area contributed by atoms with Crippen LogP contribution >= 0.6 is 0 Å². The van der Waals surface area contributed by atoms with E-state index in [4.69, 9.17) is 0 Å². The number of unbranched alkanes of at least 4 members (excludes halogenated alkanes) is 6. The van der Waals surface area contributed by atoms with Crippen molar-refractivity contribution in [2.75, 3.05) is 0 Å². The average Bonchev–Trinajstić information content (AvgIpc) is 2.37. The molecule has 110 valence electrons. The van der Waals surface area contributed by atoms with Gasteiger partial charge in [0.25, 0.3) is 0 Å². The summed E-state index contributed by atoms with van der Waals surface area (Å²) in [5, 5.41) is 19.6. The number of hydrogen-bond donors (Lipinski definition) is 2. The van der Waals surface area contributed by atoms with E-state index in [1.807, 2.05) is 0 Å². The molecule has 2 heteroatoms.